The second kappa shape index (κ2) is 11.1. The fraction of sp³-hybridized carbons (Fsp3) is 0.158. The van der Waals surface area contributed by atoms with Crippen LogP contribution >= 0.6 is 0 Å². The van der Waals surface area contributed by atoms with Crippen LogP contribution in [0.5, 0.6) is 11.5 Å². The van der Waals surface area contributed by atoms with Gasteiger partial charge in [-0.3, -0.25) is 19.9 Å². The Morgan fingerprint density at radius 1 is 0.511 bits per heavy atom. The average molecular weight is 584 g/mol. The number of hydrogen-bond acceptors (Lipinski definition) is 6. The molecule has 45 heavy (non-hydrogen) atoms. The van der Waals surface area contributed by atoms with Gasteiger partial charge in [-0.2, -0.15) is 0 Å². The van der Waals surface area contributed by atoms with Crippen LogP contribution in [0.15, 0.2) is 110 Å². The van der Waals surface area contributed by atoms with E-state index in [1.165, 1.54) is 0 Å². The molecule has 0 bridgehead atoms. The molecule has 6 aromatic rings. The molecule has 0 amide bonds. The van der Waals surface area contributed by atoms with E-state index < -0.39 is 0 Å². The molecule has 4 heterocycles. The van der Waals surface area contributed by atoms with Crippen LogP contribution in [0.25, 0.3) is 44.8 Å². The number of nitrogens with zero attached hydrogens (tertiary/aromatic N) is 4. The monoisotopic (exact) mass is 583 g/mol. The molecule has 4 aromatic heterocycles. The molecule has 0 spiro atoms. The zero-order valence-corrected chi connectivity index (χ0v) is 25.7. The van der Waals surface area contributed by atoms with Crippen LogP contribution < -0.4 is 10.2 Å². The van der Waals surface area contributed by atoms with Gasteiger partial charge in [0.1, 0.15) is 0 Å². The Balaban J connectivity index is 0.000000155. The number of fused-ring (bicyclic) bond motifs is 6. The van der Waals surface area contributed by atoms with E-state index in [-0.39, 0.29) is 32.5 Å². The molecule has 0 saturated heterocycles. The summed E-state index contributed by atoms with van der Waals surface area (Å²) >= 11 is 0. The van der Waals surface area contributed by atoms with Gasteiger partial charge in [-0.25, -0.2) is 0 Å². The summed E-state index contributed by atoms with van der Waals surface area (Å²) in [5.41, 5.74) is 11.1. The first-order valence-electron chi connectivity index (χ1n) is 14.6. The maximum Gasteiger partial charge on any atom is 2.00 e. The van der Waals surface area contributed by atoms with E-state index in [1.807, 2.05) is 60.9 Å². The Bertz CT molecular complexity index is 1900. The Hall–Kier alpha value is -5.19. The smallest absolute Gasteiger partial charge is 0.872 e. The van der Waals surface area contributed by atoms with Crippen LogP contribution in [-0.4, -0.2) is 30.1 Å². The maximum absolute atomic E-state index is 12.5. The van der Waals surface area contributed by atoms with Gasteiger partial charge in [0.15, 0.2) is 0 Å². The summed E-state index contributed by atoms with van der Waals surface area (Å²) in [5, 5.41) is 25.0. The maximum atomic E-state index is 12.5. The molecule has 2 aliphatic carbocycles. The molecular formula is C38H30BeN4O2. The van der Waals surface area contributed by atoms with Crippen LogP contribution in [0.1, 0.15) is 49.9 Å². The largest absolute Gasteiger partial charge is 2.00 e. The van der Waals surface area contributed by atoms with E-state index in [9.17, 15) is 10.2 Å². The zero-order chi connectivity index (χ0) is 30.6. The third-order valence-electron chi connectivity index (χ3n) is 8.97. The molecule has 0 aliphatic heterocycles. The summed E-state index contributed by atoms with van der Waals surface area (Å²) in [6.45, 7) is 8.61. The topological polar surface area (TPSA) is 97.7 Å². The first kappa shape index (κ1) is 29.9. The molecule has 2 aliphatic rings. The molecule has 7 heteroatoms. The molecular weight excluding hydrogens is 553 g/mol. The molecule has 2 aromatic carbocycles. The Labute approximate surface area is 266 Å². The molecule has 0 radical (unpaired) electrons. The van der Waals surface area contributed by atoms with Gasteiger partial charge in [-0.05, 0) is 68.8 Å². The van der Waals surface area contributed by atoms with Crippen molar-refractivity contribution in [1.82, 2.24) is 19.9 Å². The second-order valence-electron chi connectivity index (χ2n) is 12.3. The van der Waals surface area contributed by atoms with Crippen molar-refractivity contribution in [3.63, 3.8) is 0 Å². The van der Waals surface area contributed by atoms with Gasteiger partial charge in [-0.1, -0.05) is 87.7 Å². The third kappa shape index (κ3) is 4.61. The molecule has 0 unspecified atom stereocenters. The van der Waals surface area contributed by atoms with Gasteiger partial charge < -0.3 is 10.2 Å². The summed E-state index contributed by atoms with van der Waals surface area (Å²) in [6.07, 6.45) is 10.7. The first-order chi connectivity index (χ1) is 21.2. The average Bonchev–Trinajstić information content (AvgIpc) is 3.44. The standard InChI is InChI=1S/2C19H16N2O.Be/c2*1-19(2)14-6-4-10-21-18(14)16-15(22)8-7-13(17(16)19)12-5-3-9-20-11-12;/h2*3-11,22H,1-2H3;/q;;+2/p-2. The number of benzene rings is 2. The van der Waals surface area contributed by atoms with E-state index in [1.54, 1.807) is 36.9 Å². The van der Waals surface area contributed by atoms with Crippen molar-refractivity contribution in [2.45, 2.75) is 38.5 Å². The van der Waals surface area contributed by atoms with Gasteiger partial charge in [0.25, 0.3) is 0 Å². The second-order valence-corrected chi connectivity index (χ2v) is 12.3. The van der Waals surface area contributed by atoms with Gasteiger partial charge >= 0.3 is 10.1 Å². The number of hydrogen-bond donors (Lipinski definition) is 0. The fourth-order valence-electron chi connectivity index (χ4n) is 6.95. The predicted octanol–water partition coefficient (Wildman–Crippen LogP) is 6.67. The minimum atomic E-state index is -0.246. The van der Waals surface area contributed by atoms with Gasteiger partial charge in [-0.15, -0.1) is 0 Å². The first-order valence-corrected chi connectivity index (χ1v) is 14.6. The predicted molar refractivity (Wildman–Crippen MR) is 175 cm³/mol. The van der Waals surface area contributed by atoms with Crippen molar-refractivity contribution in [3.8, 4) is 56.3 Å². The summed E-state index contributed by atoms with van der Waals surface area (Å²) in [6, 6.07) is 23.0. The zero-order valence-electron chi connectivity index (χ0n) is 25.7. The molecule has 0 N–H and O–H groups in total. The van der Waals surface area contributed by atoms with Gasteiger partial charge in [0.2, 0.25) is 0 Å². The van der Waals surface area contributed by atoms with Crippen molar-refractivity contribution in [2.24, 2.45) is 0 Å². The van der Waals surface area contributed by atoms with Gasteiger partial charge in [0.05, 0.1) is 11.4 Å². The molecule has 0 atom stereocenters. The van der Waals surface area contributed by atoms with Crippen LogP contribution in [0.2, 0.25) is 0 Å². The summed E-state index contributed by atoms with van der Waals surface area (Å²) < 4.78 is 0. The molecule has 6 nitrogen and oxygen atoms in total. The van der Waals surface area contributed by atoms with E-state index in [0.29, 0.717) is 0 Å². The summed E-state index contributed by atoms with van der Waals surface area (Å²) in [4.78, 5) is 17.4. The SMILES string of the molecule is CC1(C)c2cccnc2-c2c([O-])ccc(-c3cccnc3)c21.CC1(C)c2cccnc2-c2c([O-])ccc(-c3cccnc3)c21.[Be+2]. The van der Waals surface area contributed by atoms with Crippen molar-refractivity contribution < 1.29 is 10.2 Å². The normalized spacial score (nSPS) is 14.1. The van der Waals surface area contributed by atoms with E-state index in [4.69, 9.17) is 0 Å². The Morgan fingerprint density at radius 2 is 0.911 bits per heavy atom. The van der Waals surface area contributed by atoms with Crippen LogP contribution in [-0.2, 0) is 10.8 Å². The minimum Gasteiger partial charge on any atom is -0.872 e. The molecule has 0 saturated carbocycles. The Kier molecular flexibility index (Phi) is 7.34. The molecule has 0 fully saturated rings. The van der Waals surface area contributed by atoms with Crippen LogP contribution in [0.3, 0.4) is 0 Å². The fourth-order valence-corrected chi connectivity index (χ4v) is 6.95. The summed E-state index contributed by atoms with van der Waals surface area (Å²) in [7, 11) is 0. The Morgan fingerprint density at radius 3 is 1.29 bits per heavy atom. The quantitative estimate of drug-likeness (QED) is 0.211. The molecule has 8 rings (SSSR count). The van der Waals surface area contributed by atoms with E-state index >= 15 is 0 Å². The number of rotatable bonds is 2. The van der Waals surface area contributed by atoms with E-state index in [0.717, 1.165) is 67.0 Å². The van der Waals surface area contributed by atoms with Crippen LogP contribution in [0, 0.1) is 0 Å². The van der Waals surface area contributed by atoms with Crippen LogP contribution in [0.4, 0.5) is 0 Å². The van der Waals surface area contributed by atoms with Crippen molar-refractivity contribution in [1.29, 1.82) is 0 Å². The van der Waals surface area contributed by atoms with Gasteiger partial charge in [0, 0.05) is 59.1 Å². The number of pyridine rings is 4. The number of aromatic nitrogens is 4. The van der Waals surface area contributed by atoms with Crippen molar-refractivity contribution in [2.75, 3.05) is 0 Å². The van der Waals surface area contributed by atoms with E-state index in [2.05, 4.69) is 59.8 Å². The minimum absolute atomic E-state index is 0. The van der Waals surface area contributed by atoms with Crippen molar-refractivity contribution >= 4 is 10.1 Å². The molecule has 216 valence electrons. The van der Waals surface area contributed by atoms with Crippen molar-refractivity contribution in [3.05, 3.63) is 132 Å². The summed E-state index contributed by atoms with van der Waals surface area (Å²) in [5.74, 6) is 0.0707. The third-order valence-corrected chi connectivity index (χ3v) is 8.97.